The number of hydrogen-bond donors (Lipinski definition) is 0. The summed E-state index contributed by atoms with van der Waals surface area (Å²) in [6.07, 6.45) is 4.11. The molecule has 0 aliphatic carbocycles. The van der Waals surface area contributed by atoms with Crippen LogP contribution in [-0.4, -0.2) is 48.2 Å². The lowest BCUT2D eigenvalue weighted by molar-refractivity contribution is -0.146. The Morgan fingerprint density at radius 1 is 1.45 bits per heavy atom. The fraction of sp³-hybridized carbons (Fsp3) is 0.562. The largest absolute Gasteiger partial charge is 0.416 e. The molecule has 1 fully saturated rings. The van der Waals surface area contributed by atoms with E-state index in [9.17, 15) is 4.79 Å². The minimum atomic E-state index is -1.50. The summed E-state index contributed by atoms with van der Waals surface area (Å²) in [6, 6.07) is 6.08. The summed E-state index contributed by atoms with van der Waals surface area (Å²) in [5.74, 6) is 0.230. The van der Waals surface area contributed by atoms with Gasteiger partial charge in [-0.25, -0.2) is 0 Å². The second-order valence-electron chi connectivity index (χ2n) is 6.58. The average Bonchev–Trinajstić information content (AvgIpc) is 2.47. The van der Waals surface area contributed by atoms with Crippen LogP contribution in [0.1, 0.15) is 25.0 Å². The van der Waals surface area contributed by atoms with Gasteiger partial charge in [-0.2, -0.15) is 0 Å². The quantitative estimate of drug-likeness (QED) is 0.317. The molecule has 1 aliphatic rings. The molecule has 1 unspecified atom stereocenters. The Labute approximate surface area is 139 Å². The fourth-order valence-corrected chi connectivity index (χ4v) is 3.43. The number of hydrogen-bond acceptors (Lipinski definition) is 4. The number of rotatable bonds is 8. The number of amides is 1. The van der Waals surface area contributed by atoms with Crippen LogP contribution in [0, 0.1) is 0 Å². The summed E-state index contributed by atoms with van der Waals surface area (Å²) in [6.45, 7) is 7.82. The third kappa shape index (κ3) is 4.96. The Morgan fingerprint density at radius 2 is 2.23 bits per heavy atom. The van der Waals surface area contributed by atoms with E-state index in [4.69, 9.17) is 16.6 Å². The first-order chi connectivity index (χ1) is 10.4. The minimum absolute atomic E-state index is 0.230. The molecule has 120 valence electrons. The molecule has 22 heavy (non-hydrogen) atoms. The van der Waals surface area contributed by atoms with Gasteiger partial charge in [-0.1, -0.05) is 18.3 Å². The van der Waals surface area contributed by atoms with E-state index >= 15 is 0 Å². The summed E-state index contributed by atoms with van der Waals surface area (Å²) in [7, 11) is -1.50. The molecule has 1 aliphatic heterocycles. The van der Waals surface area contributed by atoms with E-state index in [1.807, 2.05) is 23.1 Å². The topological polar surface area (TPSA) is 42.4 Å². The highest BCUT2D eigenvalue weighted by molar-refractivity contribution is 7.80. The van der Waals surface area contributed by atoms with E-state index in [2.05, 4.69) is 24.6 Å². The van der Waals surface area contributed by atoms with Crippen LogP contribution in [0.2, 0.25) is 19.6 Å². The van der Waals surface area contributed by atoms with E-state index in [-0.39, 0.29) is 5.91 Å². The lowest BCUT2D eigenvalue weighted by Gasteiger charge is -2.41. The number of pyridine rings is 1. The molecule has 1 amide bonds. The van der Waals surface area contributed by atoms with Crippen molar-refractivity contribution in [1.82, 2.24) is 9.88 Å². The van der Waals surface area contributed by atoms with Crippen LogP contribution in [-0.2, 0) is 9.22 Å². The lowest BCUT2D eigenvalue weighted by atomic mass is 9.95. The molecule has 1 saturated heterocycles. The van der Waals surface area contributed by atoms with Crippen molar-refractivity contribution in [3.63, 3.8) is 0 Å². The van der Waals surface area contributed by atoms with Crippen molar-refractivity contribution in [2.45, 2.75) is 44.9 Å². The zero-order valence-corrected chi connectivity index (χ0v) is 15.4. The van der Waals surface area contributed by atoms with Crippen LogP contribution < -0.4 is 0 Å². The van der Waals surface area contributed by atoms with Crippen molar-refractivity contribution >= 4 is 31.3 Å². The van der Waals surface area contributed by atoms with Crippen LogP contribution in [0.3, 0.4) is 0 Å². The van der Waals surface area contributed by atoms with Gasteiger partial charge in [-0.15, -0.1) is 0 Å². The summed E-state index contributed by atoms with van der Waals surface area (Å²) in [5.41, 5.74) is 0.872. The van der Waals surface area contributed by atoms with Gasteiger partial charge >= 0.3 is 0 Å². The third-order valence-corrected chi connectivity index (χ3v) is 5.18. The normalized spacial score (nSPS) is 18.2. The van der Waals surface area contributed by atoms with Gasteiger partial charge in [0.15, 0.2) is 8.32 Å². The molecule has 1 aromatic rings. The molecule has 0 saturated carbocycles. The van der Waals surface area contributed by atoms with Crippen molar-refractivity contribution < 1.29 is 9.22 Å². The van der Waals surface area contributed by atoms with E-state index in [0.29, 0.717) is 25.6 Å². The second-order valence-corrected chi connectivity index (χ2v) is 11.6. The second kappa shape index (κ2) is 7.44. The Morgan fingerprint density at radius 3 is 2.82 bits per heavy atom. The standard InChI is InChI=1S/C16H24N2O2SSi/c1-22(2,3)20-11-10-18-13(12-16(18)19)7-8-15(21)14-6-4-5-9-17-14/h4-6,9,13H,7-8,10-12H2,1-3H3. The molecule has 0 radical (unpaired) electrons. The maximum Gasteiger partial charge on any atom is 0.224 e. The van der Waals surface area contributed by atoms with E-state index in [1.54, 1.807) is 6.20 Å². The van der Waals surface area contributed by atoms with Crippen molar-refractivity contribution in [1.29, 1.82) is 0 Å². The predicted molar refractivity (Wildman–Crippen MR) is 94.6 cm³/mol. The van der Waals surface area contributed by atoms with Crippen LogP contribution in [0.25, 0.3) is 0 Å². The Hall–Kier alpha value is -1.11. The molecule has 0 spiro atoms. The summed E-state index contributed by atoms with van der Waals surface area (Å²) >= 11 is 5.43. The van der Waals surface area contributed by atoms with Gasteiger partial charge in [0.2, 0.25) is 5.91 Å². The molecule has 4 nitrogen and oxygen atoms in total. The number of likely N-dealkylation sites (tertiary alicyclic amines) is 1. The summed E-state index contributed by atoms with van der Waals surface area (Å²) in [5, 5.41) is 0. The van der Waals surface area contributed by atoms with Crippen molar-refractivity contribution in [2.75, 3.05) is 13.2 Å². The van der Waals surface area contributed by atoms with Gasteiger partial charge < -0.3 is 9.33 Å². The van der Waals surface area contributed by atoms with Gasteiger partial charge in [0.05, 0.1) is 12.3 Å². The maximum atomic E-state index is 11.7. The number of carbonyl (C=O) groups excluding carboxylic acids is 1. The fourth-order valence-electron chi connectivity index (χ4n) is 2.49. The summed E-state index contributed by atoms with van der Waals surface area (Å²) in [4.78, 5) is 18.8. The highest BCUT2D eigenvalue weighted by Crippen LogP contribution is 2.24. The predicted octanol–water partition coefficient (Wildman–Crippen LogP) is 3.03. The smallest absolute Gasteiger partial charge is 0.224 e. The third-order valence-electron chi connectivity index (χ3n) is 3.69. The highest BCUT2D eigenvalue weighted by Gasteiger charge is 2.35. The van der Waals surface area contributed by atoms with E-state index in [0.717, 1.165) is 23.4 Å². The van der Waals surface area contributed by atoms with Gasteiger partial charge in [0.1, 0.15) is 0 Å². The number of nitrogens with zero attached hydrogens (tertiary/aromatic N) is 2. The van der Waals surface area contributed by atoms with Crippen LogP contribution in [0.15, 0.2) is 24.4 Å². The lowest BCUT2D eigenvalue weighted by Crippen LogP contribution is -2.54. The monoisotopic (exact) mass is 336 g/mol. The zero-order valence-electron chi connectivity index (χ0n) is 13.5. The Balaban J connectivity index is 1.76. The molecule has 1 atom stereocenters. The molecular weight excluding hydrogens is 312 g/mol. The molecule has 6 heteroatoms. The van der Waals surface area contributed by atoms with Gasteiger partial charge in [-0.05, 0) is 44.6 Å². The van der Waals surface area contributed by atoms with Crippen LogP contribution >= 0.6 is 12.2 Å². The maximum absolute atomic E-state index is 11.7. The molecule has 2 heterocycles. The first-order valence-electron chi connectivity index (χ1n) is 7.74. The van der Waals surface area contributed by atoms with Crippen molar-refractivity contribution in [3.05, 3.63) is 30.1 Å². The first-order valence-corrected chi connectivity index (χ1v) is 11.6. The number of aromatic nitrogens is 1. The average molecular weight is 337 g/mol. The van der Waals surface area contributed by atoms with Crippen molar-refractivity contribution in [3.8, 4) is 0 Å². The zero-order chi connectivity index (χ0) is 16.2. The van der Waals surface area contributed by atoms with Gasteiger partial charge in [-0.3, -0.25) is 9.78 Å². The highest BCUT2D eigenvalue weighted by atomic mass is 32.1. The molecular formula is C16H24N2O2SSi. The Kier molecular flexibility index (Phi) is 5.83. The molecule has 0 bridgehead atoms. The van der Waals surface area contributed by atoms with E-state index in [1.165, 1.54) is 0 Å². The molecule has 0 aromatic carbocycles. The SMILES string of the molecule is C[Si](C)(C)OCCN1C(=O)CC1CCC(=S)c1ccccn1. The number of β-lactam (4-membered cyclic amide) rings is 1. The molecule has 2 rings (SSSR count). The minimum Gasteiger partial charge on any atom is -0.416 e. The van der Waals surface area contributed by atoms with Crippen LogP contribution in [0.4, 0.5) is 0 Å². The molecule has 1 aromatic heterocycles. The number of carbonyl (C=O) groups is 1. The summed E-state index contributed by atoms with van der Waals surface area (Å²) < 4.78 is 5.84. The van der Waals surface area contributed by atoms with Gasteiger partial charge in [0.25, 0.3) is 0 Å². The van der Waals surface area contributed by atoms with E-state index < -0.39 is 8.32 Å². The van der Waals surface area contributed by atoms with Crippen molar-refractivity contribution in [2.24, 2.45) is 0 Å². The number of thiocarbonyl (C=S) groups is 1. The van der Waals surface area contributed by atoms with Crippen LogP contribution in [0.5, 0.6) is 0 Å². The first kappa shape index (κ1) is 17.2. The Bertz CT molecular complexity index is 531. The molecule has 0 N–H and O–H groups in total. The van der Waals surface area contributed by atoms with Gasteiger partial charge in [0, 0.05) is 30.1 Å².